The number of amides is 1. The molecule has 0 aliphatic rings. The van der Waals surface area contributed by atoms with Gasteiger partial charge in [0.05, 0.1) is 27.0 Å². The topological polar surface area (TPSA) is 59.3 Å². The Morgan fingerprint density at radius 1 is 1.16 bits per heavy atom. The van der Waals surface area contributed by atoms with Crippen molar-refractivity contribution in [3.05, 3.63) is 64.7 Å². The number of thioether (sulfide) groups is 1. The number of halogens is 4. The Labute approximate surface area is 184 Å². The van der Waals surface area contributed by atoms with Gasteiger partial charge in [-0.15, -0.1) is 10.2 Å². The van der Waals surface area contributed by atoms with Crippen LogP contribution in [-0.4, -0.2) is 25.8 Å². The molecule has 0 aliphatic carbocycles. The quantitative estimate of drug-likeness (QED) is 0.377. The molecule has 31 heavy (non-hydrogen) atoms. The minimum Gasteiger partial charge on any atom is -0.324 e. The molecule has 2 aromatic heterocycles. The number of alkyl halides is 3. The van der Waals surface area contributed by atoms with Gasteiger partial charge in [0.25, 0.3) is 0 Å². The molecule has 0 radical (unpaired) electrons. The summed E-state index contributed by atoms with van der Waals surface area (Å²) in [5, 5.41) is 11.8. The van der Waals surface area contributed by atoms with Crippen LogP contribution in [0.2, 0.25) is 5.02 Å². The molecule has 4 aromatic rings. The van der Waals surface area contributed by atoms with Crippen molar-refractivity contribution in [2.45, 2.75) is 30.4 Å². The lowest BCUT2D eigenvalue weighted by molar-refractivity contribution is -0.137. The third kappa shape index (κ3) is 4.20. The number of carbonyl (C=O) groups is 1. The number of nitrogens with zero attached hydrogens (tertiary/aromatic N) is 3. The van der Waals surface area contributed by atoms with Crippen LogP contribution in [0.25, 0.3) is 16.6 Å². The number of carbonyl (C=O) groups excluding carboxylic acids is 1. The van der Waals surface area contributed by atoms with Gasteiger partial charge in [-0.3, -0.25) is 9.20 Å². The van der Waals surface area contributed by atoms with E-state index in [0.717, 1.165) is 46.4 Å². The molecule has 10 heteroatoms. The van der Waals surface area contributed by atoms with Gasteiger partial charge < -0.3 is 5.32 Å². The summed E-state index contributed by atoms with van der Waals surface area (Å²) >= 11 is 7.14. The molecule has 4 rings (SSSR count). The van der Waals surface area contributed by atoms with E-state index in [0.29, 0.717) is 10.8 Å². The zero-order valence-corrected chi connectivity index (χ0v) is 17.9. The number of aromatic nitrogens is 3. The summed E-state index contributed by atoms with van der Waals surface area (Å²) in [5.41, 5.74) is 1.61. The Balaban J connectivity index is 1.61. The van der Waals surface area contributed by atoms with E-state index in [1.54, 1.807) is 6.92 Å². The number of rotatable bonds is 4. The van der Waals surface area contributed by atoms with E-state index in [4.69, 9.17) is 11.6 Å². The third-order valence-electron chi connectivity index (χ3n) is 4.78. The number of hydrogen-bond donors (Lipinski definition) is 1. The summed E-state index contributed by atoms with van der Waals surface area (Å²) in [5.74, 6) is -0.501. The smallest absolute Gasteiger partial charge is 0.324 e. The van der Waals surface area contributed by atoms with E-state index < -0.39 is 22.9 Å². The number of nitrogens with one attached hydrogen (secondary N) is 1. The number of hydrogen-bond acceptors (Lipinski definition) is 4. The van der Waals surface area contributed by atoms with Gasteiger partial charge >= 0.3 is 6.18 Å². The van der Waals surface area contributed by atoms with Crippen LogP contribution in [0.5, 0.6) is 0 Å². The zero-order valence-electron chi connectivity index (χ0n) is 16.4. The maximum absolute atomic E-state index is 13.0. The van der Waals surface area contributed by atoms with Crippen molar-refractivity contribution in [3.63, 3.8) is 0 Å². The Kier molecular flexibility index (Phi) is 5.57. The molecule has 0 fully saturated rings. The summed E-state index contributed by atoms with van der Waals surface area (Å²) in [6, 6.07) is 12.5. The van der Waals surface area contributed by atoms with E-state index in [1.807, 2.05) is 41.7 Å². The molecule has 0 unspecified atom stereocenters. The van der Waals surface area contributed by atoms with Crippen molar-refractivity contribution in [2.75, 3.05) is 5.32 Å². The largest absolute Gasteiger partial charge is 0.416 e. The van der Waals surface area contributed by atoms with Gasteiger partial charge in [-0.1, -0.05) is 41.6 Å². The lowest BCUT2D eigenvalue weighted by Crippen LogP contribution is -2.23. The summed E-state index contributed by atoms with van der Waals surface area (Å²) < 4.78 is 40.8. The summed E-state index contributed by atoms with van der Waals surface area (Å²) in [6.45, 7) is 3.62. The molecule has 2 aromatic carbocycles. The highest BCUT2D eigenvalue weighted by Gasteiger charge is 2.31. The maximum atomic E-state index is 13.0. The van der Waals surface area contributed by atoms with Crippen LogP contribution in [0.4, 0.5) is 18.9 Å². The molecule has 0 spiro atoms. The van der Waals surface area contributed by atoms with Crippen LogP contribution in [0.1, 0.15) is 18.1 Å². The first kappa shape index (κ1) is 21.5. The van der Waals surface area contributed by atoms with E-state index in [9.17, 15) is 18.0 Å². The highest BCUT2D eigenvalue weighted by atomic mass is 35.5. The fourth-order valence-electron chi connectivity index (χ4n) is 3.19. The van der Waals surface area contributed by atoms with Crippen molar-refractivity contribution >= 4 is 51.5 Å². The first-order chi connectivity index (χ1) is 14.6. The average Bonchev–Trinajstić information content (AvgIpc) is 3.11. The fraction of sp³-hybridized carbons (Fsp3) is 0.190. The lowest BCUT2D eigenvalue weighted by Gasteiger charge is -2.14. The minimum absolute atomic E-state index is 0.0212. The van der Waals surface area contributed by atoms with Crippen LogP contribution in [0.3, 0.4) is 0 Å². The van der Waals surface area contributed by atoms with E-state index >= 15 is 0 Å². The summed E-state index contributed by atoms with van der Waals surface area (Å²) in [7, 11) is 0. The van der Waals surface area contributed by atoms with Crippen LogP contribution in [0.15, 0.2) is 53.7 Å². The Morgan fingerprint density at radius 3 is 2.65 bits per heavy atom. The lowest BCUT2D eigenvalue weighted by atomic mass is 10.1. The summed E-state index contributed by atoms with van der Waals surface area (Å²) in [4.78, 5) is 12.7. The molecule has 0 aliphatic heterocycles. The van der Waals surface area contributed by atoms with Crippen molar-refractivity contribution in [1.82, 2.24) is 14.6 Å². The van der Waals surface area contributed by atoms with Gasteiger partial charge in [0, 0.05) is 5.39 Å². The molecule has 5 nitrogen and oxygen atoms in total. The Morgan fingerprint density at radius 2 is 1.90 bits per heavy atom. The fourth-order valence-corrected chi connectivity index (χ4v) is 4.23. The normalized spacial score (nSPS) is 13.0. The molecule has 0 bridgehead atoms. The van der Waals surface area contributed by atoms with Gasteiger partial charge in [0.1, 0.15) is 0 Å². The van der Waals surface area contributed by atoms with Crippen molar-refractivity contribution in [1.29, 1.82) is 0 Å². The molecule has 1 atom stereocenters. The first-order valence-electron chi connectivity index (χ1n) is 9.23. The SMILES string of the molecule is Cc1cc2nnc(S[C@@H](C)C(=O)Nc3cc(C(F)(F)F)ccc3Cl)n2c2ccccc12. The number of pyridine rings is 1. The molecule has 160 valence electrons. The first-order valence-corrected chi connectivity index (χ1v) is 10.5. The molecule has 0 saturated heterocycles. The average molecular weight is 465 g/mol. The van der Waals surface area contributed by atoms with Crippen LogP contribution in [-0.2, 0) is 11.0 Å². The highest BCUT2D eigenvalue weighted by molar-refractivity contribution is 8.00. The second kappa shape index (κ2) is 8.05. The van der Waals surface area contributed by atoms with Crippen LogP contribution >= 0.6 is 23.4 Å². The number of aryl methyl sites for hydroxylation is 1. The highest BCUT2D eigenvalue weighted by Crippen LogP contribution is 2.34. The molecule has 1 amide bonds. The molecule has 1 N–H and O–H groups in total. The van der Waals surface area contributed by atoms with Gasteiger partial charge in [0.2, 0.25) is 5.91 Å². The monoisotopic (exact) mass is 464 g/mol. The Hall–Kier alpha value is -2.78. The van der Waals surface area contributed by atoms with E-state index in [-0.39, 0.29) is 10.7 Å². The van der Waals surface area contributed by atoms with Gasteiger partial charge in [-0.2, -0.15) is 13.2 Å². The third-order valence-corrected chi connectivity index (χ3v) is 6.15. The predicted molar refractivity (Wildman–Crippen MR) is 116 cm³/mol. The second-order valence-corrected chi connectivity index (χ2v) is 8.68. The zero-order chi connectivity index (χ0) is 22.3. The van der Waals surface area contributed by atoms with Gasteiger partial charge in [0.15, 0.2) is 10.8 Å². The van der Waals surface area contributed by atoms with Crippen LogP contribution in [0, 0.1) is 6.92 Å². The molecule has 2 heterocycles. The molecular weight excluding hydrogens is 449 g/mol. The molecule has 0 saturated carbocycles. The standard InChI is InChI=1S/C21H16ClF3N4OS/c1-11-9-18-27-28-20(29(18)17-6-4-3-5-14(11)17)31-12(2)19(30)26-16-10-13(21(23,24)25)7-8-15(16)22/h3-10,12H,1-2H3,(H,26,30)/t12-/m0/s1. The Bertz CT molecular complexity index is 1310. The number of para-hydroxylation sites is 1. The van der Waals surface area contributed by atoms with Crippen molar-refractivity contribution in [3.8, 4) is 0 Å². The van der Waals surface area contributed by atoms with Crippen molar-refractivity contribution < 1.29 is 18.0 Å². The minimum atomic E-state index is -4.54. The molecular formula is C21H16ClF3N4OS. The maximum Gasteiger partial charge on any atom is 0.416 e. The predicted octanol–water partition coefficient (Wildman–Crippen LogP) is 5.98. The summed E-state index contributed by atoms with van der Waals surface area (Å²) in [6.07, 6.45) is -4.54. The van der Waals surface area contributed by atoms with Crippen molar-refractivity contribution in [2.24, 2.45) is 0 Å². The van der Waals surface area contributed by atoms with Crippen LogP contribution < -0.4 is 5.32 Å². The van der Waals surface area contributed by atoms with Gasteiger partial charge in [-0.05, 0) is 49.7 Å². The van der Waals surface area contributed by atoms with E-state index in [1.165, 1.54) is 0 Å². The number of benzene rings is 2. The van der Waals surface area contributed by atoms with E-state index in [2.05, 4.69) is 15.5 Å². The number of fused-ring (bicyclic) bond motifs is 3. The second-order valence-electron chi connectivity index (χ2n) is 6.96. The number of anilines is 1. The van der Waals surface area contributed by atoms with Gasteiger partial charge in [-0.25, -0.2) is 0 Å².